The molecular formula is C65H60N6O+2. The van der Waals surface area contributed by atoms with E-state index in [-0.39, 0.29) is 0 Å². The molecule has 0 atom stereocenters. The summed E-state index contributed by atoms with van der Waals surface area (Å²) in [6.07, 6.45) is 43.2. The largest absolute Gasteiger partial charge is 0.494 e. The molecule has 0 spiro atoms. The topological polar surface area (TPSA) is 68.4 Å². The molecule has 11 rings (SSSR count). The van der Waals surface area contributed by atoms with E-state index in [2.05, 4.69) is 240 Å². The number of aliphatic imine (C=N–C) groups is 2. The Morgan fingerprint density at radius 2 is 0.861 bits per heavy atom. The molecule has 8 bridgehead atoms. The molecule has 0 aromatic heterocycles. The first kappa shape index (κ1) is 46.0. The van der Waals surface area contributed by atoms with Gasteiger partial charge < -0.3 is 14.5 Å². The number of rotatable bonds is 16. The van der Waals surface area contributed by atoms with Crippen LogP contribution >= 0.6 is 0 Å². The molecule has 4 aromatic carbocycles. The van der Waals surface area contributed by atoms with Crippen molar-refractivity contribution in [1.82, 2.24) is 9.80 Å². The quantitative estimate of drug-likeness (QED) is 0.110. The fourth-order valence-electron chi connectivity index (χ4n) is 10.1. The highest BCUT2D eigenvalue weighted by Crippen LogP contribution is 2.35. The van der Waals surface area contributed by atoms with Gasteiger partial charge >= 0.3 is 0 Å². The van der Waals surface area contributed by atoms with E-state index in [4.69, 9.17) is 14.7 Å². The Morgan fingerprint density at radius 3 is 1.44 bits per heavy atom. The van der Waals surface area contributed by atoms with Crippen LogP contribution in [-0.2, 0) is 0 Å². The monoisotopic (exact) mass is 940 g/mol. The van der Waals surface area contributed by atoms with Crippen molar-refractivity contribution in [3.05, 3.63) is 269 Å². The van der Waals surface area contributed by atoms with Crippen molar-refractivity contribution >= 4 is 45.1 Å². The smallest absolute Gasteiger partial charge is 0.218 e. The first-order valence-electron chi connectivity index (χ1n) is 25.7. The third-order valence-electron chi connectivity index (χ3n) is 13.8. The van der Waals surface area contributed by atoms with Gasteiger partial charge in [-0.25, -0.2) is 20.0 Å². The molecule has 7 nitrogen and oxygen atoms in total. The van der Waals surface area contributed by atoms with Crippen LogP contribution in [0.15, 0.2) is 257 Å². The molecule has 0 saturated heterocycles. The van der Waals surface area contributed by atoms with E-state index in [0.29, 0.717) is 6.61 Å². The lowest BCUT2D eigenvalue weighted by atomic mass is 9.98. The summed E-state index contributed by atoms with van der Waals surface area (Å²) in [5, 5.41) is 0. The van der Waals surface area contributed by atoms with Crippen LogP contribution in [0.3, 0.4) is 0 Å². The summed E-state index contributed by atoms with van der Waals surface area (Å²) >= 11 is 0. The number of fused-ring (bicyclic) bond motifs is 4. The van der Waals surface area contributed by atoms with Crippen LogP contribution in [0.1, 0.15) is 74.1 Å². The third kappa shape index (κ3) is 10.2. The average molecular weight is 941 g/mol. The molecule has 72 heavy (non-hydrogen) atoms. The Balaban J connectivity index is 0.806. The van der Waals surface area contributed by atoms with Crippen LogP contribution in [0, 0.1) is 0 Å². The SMILES string of the molecule is CCCN1C=CC(=C2C=CN(CCCCCCCCOc3ccc(C4=C5C=CC(=N5)C(c5ccccc5)=C5C=CC(=[NH+]5)C(c5ccccc5)=C5C=CC(=[NH+]5)C(c5ccccc5)=C5C=CC4=N5)cc3)C=C2)C=C1. The maximum absolute atomic E-state index is 6.34. The highest BCUT2D eigenvalue weighted by molar-refractivity contribution is 6.37. The molecule has 7 heteroatoms. The van der Waals surface area contributed by atoms with Crippen LogP contribution in [-0.4, -0.2) is 52.3 Å². The molecule has 0 radical (unpaired) electrons. The minimum atomic E-state index is 0.696. The van der Waals surface area contributed by atoms with E-state index < -0.39 is 0 Å². The van der Waals surface area contributed by atoms with Crippen LogP contribution in [0.5, 0.6) is 5.75 Å². The van der Waals surface area contributed by atoms with Gasteiger partial charge in [0.05, 0.1) is 40.6 Å². The van der Waals surface area contributed by atoms with Crippen molar-refractivity contribution in [2.75, 3.05) is 19.7 Å². The normalized spacial score (nSPS) is 17.6. The van der Waals surface area contributed by atoms with Gasteiger partial charge in [0, 0.05) is 67.8 Å². The molecule has 354 valence electrons. The van der Waals surface area contributed by atoms with E-state index in [0.717, 1.165) is 128 Å². The first-order chi connectivity index (χ1) is 35.6. The van der Waals surface area contributed by atoms with Crippen molar-refractivity contribution in [2.45, 2.75) is 51.9 Å². The van der Waals surface area contributed by atoms with E-state index in [1.807, 2.05) is 0 Å². The molecular weight excluding hydrogens is 881 g/mol. The maximum atomic E-state index is 6.34. The number of ether oxygens (including phenoxy) is 1. The number of unbranched alkanes of at least 4 members (excludes halogenated alkanes) is 5. The Morgan fingerprint density at radius 1 is 0.403 bits per heavy atom. The van der Waals surface area contributed by atoms with E-state index in [9.17, 15) is 0 Å². The second-order valence-corrected chi connectivity index (χ2v) is 18.7. The second-order valence-electron chi connectivity index (χ2n) is 18.7. The van der Waals surface area contributed by atoms with E-state index in [1.54, 1.807) is 0 Å². The molecule has 0 aliphatic carbocycles. The van der Waals surface area contributed by atoms with Crippen LogP contribution in [0.2, 0.25) is 0 Å². The van der Waals surface area contributed by atoms with Gasteiger partial charge in [-0.2, -0.15) is 0 Å². The number of hydrogen-bond donors (Lipinski definition) is 2. The molecule has 0 fully saturated rings. The lowest BCUT2D eigenvalue weighted by molar-refractivity contribution is -0.388. The Labute approximate surface area is 424 Å². The minimum Gasteiger partial charge on any atom is -0.494 e. The highest BCUT2D eigenvalue weighted by atomic mass is 16.5. The molecule has 7 aliphatic heterocycles. The zero-order valence-corrected chi connectivity index (χ0v) is 41.0. The number of nitrogens with zero attached hydrogens (tertiary/aromatic N) is 4. The fourth-order valence-corrected chi connectivity index (χ4v) is 10.1. The van der Waals surface area contributed by atoms with E-state index >= 15 is 0 Å². The molecule has 0 saturated carbocycles. The summed E-state index contributed by atoms with van der Waals surface area (Å²) in [7, 11) is 0. The molecule has 7 aliphatic rings. The van der Waals surface area contributed by atoms with Crippen LogP contribution in [0.25, 0.3) is 22.3 Å². The van der Waals surface area contributed by atoms with Crippen molar-refractivity contribution < 1.29 is 14.7 Å². The minimum absolute atomic E-state index is 0.696. The van der Waals surface area contributed by atoms with Gasteiger partial charge in [0.1, 0.15) is 11.3 Å². The lowest BCUT2D eigenvalue weighted by Crippen LogP contribution is -2.71. The van der Waals surface area contributed by atoms with Gasteiger partial charge in [-0.15, -0.1) is 0 Å². The predicted octanol–water partition coefficient (Wildman–Crippen LogP) is 11.0. The summed E-state index contributed by atoms with van der Waals surface area (Å²) in [5.41, 5.74) is 18.4. The summed E-state index contributed by atoms with van der Waals surface area (Å²) in [6, 6.07) is 40.2. The van der Waals surface area contributed by atoms with Crippen molar-refractivity contribution in [1.29, 1.82) is 0 Å². The fraction of sp³-hybridized carbons (Fsp3) is 0.169. The van der Waals surface area contributed by atoms with Gasteiger partial charge in [-0.05, 0) is 113 Å². The third-order valence-corrected chi connectivity index (χ3v) is 13.8. The zero-order chi connectivity index (χ0) is 48.5. The molecule has 2 N–H and O–H groups in total. The van der Waals surface area contributed by atoms with Gasteiger partial charge in [-0.3, -0.25) is 0 Å². The standard InChI is InChI=1S/C65H58N6O/c1-2-40-70-42-36-47(37-43-70)48-38-44-71(45-39-48)41-16-5-3-4-6-17-46-72-53-26-24-52(25-27-53)65-60-34-32-58(68-60)63(50-20-12-8-13-21-50)56-30-28-54(66-56)62(49-18-10-7-11-19-49)55-29-31-57(67-55)64(51-22-14-9-15-23-51)59-33-35-61(65)69-59/h7-15,18-39,42-45H,2-6,16-17,40-41,46H2,1H3/p+2. The Bertz CT molecular complexity index is 3210. The molecule has 7 heterocycles. The summed E-state index contributed by atoms with van der Waals surface area (Å²) in [4.78, 5) is 23.2. The van der Waals surface area contributed by atoms with Gasteiger partial charge in [-0.1, -0.05) is 136 Å². The van der Waals surface area contributed by atoms with E-state index in [1.165, 1.54) is 36.8 Å². The zero-order valence-electron chi connectivity index (χ0n) is 41.0. The number of allylic oxidation sites excluding steroid dienone is 18. The van der Waals surface area contributed by atoms with Crippen molar-refractivity contribution in [2.24, 2.45) is 9.98 Å². The van der Waals surface area contributed by atoms with Crippen molar-refractivity contribution in [3.8, 4) is 5.75 Å². The van der Waals surface area contributed by atoms with Crippen molar-refractivity contribution in [3.63, 3.8) is 0 Å². The first-order valence-corrected chi connectivity index (χ1v) is 25.7. The van der Waals surface area contributed by atoms with Gasteiger partial charge in [0.25, 0.3) is 0 Å². The Kier molecular flexibility index (Phi) is 13.9. The highest BCUT2D eigenvalue weighted by Gasteiger charge is 2.33. The number of hydrogen-bond acceptors (Lipinski definition) is 5. The summed E-state index contributed by atoms with van der Waals surface area (Å²) in [6.45, 7) is 5.01. The molecule has 0 amide bonds. The Hall–Kier alpha value is -8.42. The molecule has 4 aromatic rings. The average Bonchev–Trinajstić information content (AvgIpc) is 4.29. The number of nitrogens with one attached hydrogen (secondary N) is 2. The van der Waals surface area contributed by atoms with Gasteiger partial charge in [0.15, 0.2) is 0 Å². The van der Waals surface area contributed by atoms with Crippen LogP contribution < -0.4 is 14.7 Å². The molecule has 0 unspecified atom stereocenters. The predicted molar refractivity (Wildman–Crippen MR) is 297 cm³/mol. The lowest BCUT2D eigenvalue weighted by Gasteiger charge is -2.21. The van der Waals surface area contributed by atoms with Crippen LogP contribution in [0.4, 0.5) is 0 Å². The maximum Gasteiger partial charge on any atom is 0.218 e. The second kappa shape index (κ2) is 21.7. The summed E-state index contributed by atoms with van der Waals surface area (Å²) in [5.74, 6) is 0.867. The van der Waals surface area contributed by atoms with Gasteiger partial charge in [0.2, 0.25) is 22.8 Å². The summed E-state index contributed by atoms with van der Waals surface area (Å²) < 4.78 is 6.34. The number of benzene rings is 4.